The fourth-order valence-electron chi connectivity index (χ4n) is 2.39. The van der Waals surface area contributed by atoms with Gasteiger partial charge in [0.1, 0.15) is 5.75 Å². The minimum absolute atomic E-state index is 0.0909. The first-order valence-corrected chi connectivity index (χ1v) is 7.83. The van der Waals surface area contributed by atoms with Crippen LogP contribution in [-0.2, 0) is 0 Å². The second-order valence-corrected chi connectivity index (χ2v) is 5.66. The summed E-state index contributed by atoms with van der Waals surface area (Å²) in [6.07, 6.45) is 0. The number of carbonyl (C=O) groups is 2. The van der Waals surface area contributed by atoms with Gasteiger partial charge < -0.3 is 9.84 Å². The summed E-state index contributed by atoms with van der Waals surface area (Å²) in [6, 6.07) is 20.0. The molecule has 0 bridgehead atoms. The molecule has 0 spiro atoms. The fourth-order valence-corrected chi connectivity index (χ4v) is 2.57. The quantitative estimate of drug-likeness (QED) is 0.534. The van der Waals surface area contributed by atoms with E-state index >= 15 is 0 Å². The number of carboxylic acids is 1. The summed E-state index contributed by atoms with van der Waals surface area (Å²) in [4.78, 5) is 23.9. The number of aromatic carboxylic acids is 1. The van der Waals surface area contributed by atoms with Gasteiger partial charge in [0.05, 0.1) is 16.1 Å². The molecule has 0 radical (unpaired) electrons. The van der Waals surface area contributed by atoms with E-state index in [1.807, 2.05) is 18.2 Å². The topological polar surface area (TPSA) is 63.6 Å². The molecule has 0 atom stereocenters. The molecule has 0 heterocycles. The SMILES string of the molecule is O=C(O)c1ccc(C(=O)Oc2ccccc2Cl)c(-c2ccccc2)c1. The van der Waals surface area contributed by atoms with Gasteiger partial charge in [-0.25, -0.2) is 9.59 Å². The molecule has 0 fully saturated rings. The number of carboxylic acid groups (broad SMARTS) is 1. The van der Waals surface area contributed by atoms with Crippen molar-refractivity contribution in [2.75, 3.05) is 0 Å². The highest BCUT2D eigenvalue weighted by molar-refractivity contribution is 6.32. The maximum atomic E-state index is 12.6. The lowest BCUT2D eigenvalue weighted by Gasteiger charge is -2.11. The highest BCUT2D eigenvalue weighted by Crippen LogP contribution is 2.28. The van der Waals surface area contributed by atoms with E-state index in [0.717, 1.165) is 5.56 Å². The van der Waals surface area contributed by atoms with E-state index in [0.29, 0.717) is 10.6 Å². The van der Waals surface area contributed by atoms with Crippen molar-refractivity contribution < 1.29 is 19.4 Å². The van der Waals surface area contributed by atoms with Crippen molar-refractivity contribution in [3.8, 4) is 16.9 Å². The van der Waals surface area contributed by atoms with Crippen LogP contribution in [0.3, 0.4) is 0 Å². The Labute approximate surface area is 149 Å². The predicted octanol–water partition coefficient (Wildman–Crippen LogP) is 4.92. The Morgan fingerprint density at radius 1 is 0.880 bits per heavy atom. The molecule has 0 aromatic heterocycles. The highest BCUT2D eigenvalue weighted by atomic mass is 35.5. The molecule has 3 aromatic carbocycles. The molecule has 124 valence electrons. The summed E-state index contributed by atoms with van der Waals surface area (Å²) in [5.41, 5.74) is 1.55. The van der Waals surface area contributed by atoms with Crippen molar-refractivity contribution in [2.24, 2.45) is 0 Å². The Bertz CT molecular complexity index is 935. The number of ether oxygens (including phenoxy) is 1. The number of carbonyl (C=O) groups excluding carboxylic acids is 1. The first-order valence-electron chi connectivity index (χ1n) is 7.46. The molecule has 0 unspecified atom stereocenters. The van der Waals surface area contributed by atoms with E-state index in [1.165, 1.54) is 18.2 Å². The van der Waals surface area contributed by atoms with E-state index in [1.54, 1.807) is 36.4 Å². The van der Waals surface area contributed by atoms with Gasteiger partial charge in [-0.15, -0.1) is 0 Å². The normalized spacial score (nSPS) is 10.3. The van der Waals surface area contributed by atoms with E-state index in [-0.39, 0.29) is 16.9 Å². The van der Waals surface area contributed by atoms with Crippen molar-refractivity contribution in [3.63, 3.8) is 0 Å². The van der Waals surface area contributed by atoms with Crippen LogP contribution in [0.5, 0.6) is 5.75 Å². The van der Waals surface area contributed by atoms with Crippen molar-refractivity contribution in [3.05, 3.63) is 88.9 Å². The van der Waals surface area contributed by atoms with Gasteiger partial charge in [-0.05, 0) is 41.5 Å². The third-order valence-corrected chi connectivity index (χ3v) is 3.92. The average Bonchev–Trinajstić information content (AvgIpc) is 2.63. The van der Waals surface area contributed by atoms with Gasteiger partial charge in [-0.2, -0.15) is 0 Å². The molecule has 0 aliphatic carbocycles. The molecular formula is C20H13ClO4. The number of para-hydroxylation sites is 1. The van der Waals surface area contributed by atoms with Crippen LogP contribution in [0.25, 0.3) is 11.1 Å². The van der Waals surface area contributed by atoms with Crippen LogP contribution in [0.1, 0.15) is 20.7 Å². The molecule has 0 amide bonds. The average molecular weight is 353 g/mol. The van der Waals surface area contributed by atoms with Crippen molar-refractivity contribution >= 4 is 23.5 Å². The van der Waals surface area contributed by atoms with Gasteiger partial charge in [0, 0.05) is 0 Å². The summed E-state index contributed by atoms with van der Waals surface area (Å²) in [7, 11) is 0. The molecule has 0 saturated heterocycles. The van der Waals surface area contributed by atoms with E-state index in [4.69, 9.17) is 16.3 Å². The van der Waals surface area contributed by atoms with Gasteiger partial charge in [0.15, 0.2) is 0 Å². The molecular weight excluding hydrogens is 340 g/mol. The first kappa shape index (κ1) is 16.7. The molecule has 5 heteroatoms. The Hall–Kier alpha value is -3.11. The molecule has 0 saturated carbocycles. The summed E-state index contributed by atoms with van der Waals surface area (Å²) in [5, 5.41) is 9.54. The third kappa shape index (κ3) is 3.70. The molecule has 4 nitrogen and oxygen atoms in total. The lowest BCUT2D eigenvalue weighted by molar-refractivity contribution is 0.0692. The molecule has 1 N–H and O–H groups in total. The maximum absolute atomic E-state index is 12.6. The third-order valence-electron chi connectivity index (χ3n) is 3.61. The van der Waals surface area contributed by atoms with Gasteiger partial charge in [-0.1, -0.05) is 54.1 Å². The smallest absolute Gasteiger partial charge is 0.344 e. The van der Waals surface area contributed by atoms with Crippen LogP contribution < -0.4 is 4.74 Å². The van der Waals surface area contributed by atoms with E-state index in [2.05, 4.69) is 0 Å². The highest BCUT2D eigenvalue weighted by Gasteiger charge is 2.18. The predicted molar refractivity (Wildman–Crippen MR) is 95.2 cm³/mol. The summed E-state index contributed by atoms with van der Waals surface area (Å²) in [5.74, 6) is -1.43. The van der Waals surface area contributed by atoms with Gasteiger partial charge >= 0.3 is 11.9 Å². The fraction of sp³-hybridized carbons (Fsp3) is 0. The lowest BCUT2D eigenvalue weighted by atomic mass is 9.97. The summed E-state index contributed by atoms with van der Waals surface area (Å²) >= 11 is 6.02. The molecule has 0 aliphatic rings. The number of halogens is 1. The number of rotatable bonds is 4. The Kier molecular flexibility index (Phi) is 4.82. The largest absolute Gasteiger partial charge is 0.478 e. The van der Waals surface area contributed by atoms with Crippen molar-refractivity contribution in [1.82, 2.24) is 0 Å². The first-order chi connectivity index (χ1) is 12.1. The Morgan fingerprint density at radius 2 is 1.56 bits per heavy atom. The second kappa shape index (κ2) is 7.20. The van der Waals surface area contributed by atoms with Gasteiger partial charge in [-0.3, -0.25) is 0 Å². The monoisotopic (exact) mass is 352 g/mol. The van der Waals surface area contributed by atoms with Crippen LogP contribution in [0, 0.1) is 0 Å². The van der Waals surface area contributed by atoms with Crippen LogP contribution in [0.2, 0.25) is 5.02 Å². The summed E-state index contributed by atoms with van der Waals surface area (Å²) < 4.78 is 5.38. The Balaban J connectivity index is 2.04. The molecule has 3 aromatic rings. The van der Waals surface area contributed by atoms with E-state index in [9.17, 15) is 14.7 Å². The number of hydrogen-bond acceptors (Lipinski definition) is 3. The zero-order chi connectivity index (χ0) is 17.8. The zero-order valence-electron chi connectivity index (χ0n) is 13.0. The van der Waals surface area contributed by atoms with Gasteiger partial charge in [0.2, 0.25) is 0 Å². The van der Waals surface area contributed by atoms with Crippen LogP contribution >= 0.6 is 11.6 Å². The number of esters is 1. The lowest BCUT2D eigenvalue weighted by Crippen LogP contribution is -2.11. The number of benzene rings is 3. The standard InChI is InChI=1S/C20H13ClO4/c21-17-8-4-5-9-18(17)25-20(24)15-11-10-14(19(22)23)12-16(15)13-6-2-1-3-7-13/h1-12H,(H,22,23). The zero-order valence-corrected chi connectivity index (χ0v) is 13.7. The molecule has 3 rings (SSSR count). The Morgan fingerprint density at radius 3 is 2.24 bits per heavy atom. The van der Waals surface area contributed by atoms with Crippen LogP contribution in [0.15, 0.2) is 72.8 Å². The van der Waals surface area contributed by atoms with Crippen molar-refractivity contribution in [2.45, 2.75) is 0 Å². The molecule has 0 aliphatic heterocycles. The van der Waals surface area contributed by atoms with Crippen LogP contribution in [0.4, 0.5) is 0 Å². The minimum atomic E-state index is -1.07. The molecule has 25 heavy (non-hydrogen) atoms. The number of hydrogen-bond donors (Lipinski definition) is 1. The van der Waals surface area contributed by atoms with Gasteiger partial charge in [0.25, 0.3) is 0 Å². The van der Waals surface area contributed by atoms with Crippen LogP contribution in [-0.4, -0.2) is 17.0 Å². The second-order valence-electron chi connectivity index (χ2n) is 5.25. The minimum Gasteiger partial charge on any atom is -0.478 e. The van der Waals surface area contributed by atoms with E-state index < -0.39 is 11.9 Å². The van der Waals surface area contributed by atoms with Crippen molar-refractivity contribution in [1.29, 1.82) is 0 Å². The summed E-state index contributed by atoms with van der Waals surface area (Å²) in [6.45, 7) is 0. The maximum Gasteiger partial charge on any atom is 0.344 e.